The molecule has 11 heteroatoms. The zero-order valence-electron chi connectivity index (χ0n) is 17.3. The van der Waals surface area contributed by atoms with Gasteiger partial charge >= 0.3 is 0 Å². The van der Waals surface area contributed by atoms with Gasteiger partial charge in [0.15, 0.2) is 0 Å². The summed E-state index contributed by atoms with van der Waals surface area (Å²) in [7, 11) is 1.54. The summed E-state index contributed by atoms with van der Waals surface area (Å²) in [5.41, 5.74) is 0.191. The molecule has 2 atom stereocenters. The minimum absolute atomic E-state index is 0.0611. The van der Waals surface area contributed by atoms with Crippen LogP contribution in [0.15, 0.2) is 24.3 Å². The summed E-state index contributed by atoms with van der Waals surface area (Å²) in [5, 5.41) is 19.6. The van der Waals surface area contributed by atoms with Gasteiger partial charge in [0, 0.05) is 20.3 Å². The Morgan fingerprint density at radius 1 is 1.26 bits per heavy atom. The molecule has 170 valence electrons. The van der Waals surface area contributed by atoms with Crippen molar-refractivity contribution in [2.75, 3.05) is 40.0 Å². The second-order valence-corrected chi connectivity index (χ2v) is 6.81. The zero-order chi connectivity index (χ0) is 22.6. The van der Waals surface area contributed by atoms with Crippen LogP contribution in [0.2, 0.25) is 0 Å². The molecule has 1 aromatic rings. The standard InChI is InChI=1S/C20H28N4O7/c1-30-9-4-7-21-19(28)14-11-17(26)23-15(12-25)20(29)22-8-10-31-16-6-3-2-5-13(16)18(27)24-14/h2-3,5-6,14-15,25H,4,7-12H2,1H3,(H,21,28)(H,22,29)(H,23,26)(H,24,27)/t14-,15-/m0/s1. The molecule has 11 nitrogen and oxygen atoms in total. The lowest BCUT2D eigenvalue weighted by molar-refractivity contribution is -0.131. The number of nitrogens with one attached hydrogen (secondary N) is 4. The number of para-hydroxylation sites is 1. The highest BCUT2D eigenvalue weighted by molar-refractivity contribution is 6.01. The van der Waals surface area contributed by atoms with Crippen molar-refractivity contribution in [2.45, 2.75) is 24.9 Å². The normalized spacial score (nSPS) is 20.3. The monoisotopic (exact) mass is 436 g/mol. The van der Waals surface area contributed by atoms with Crippen LogP contribution in [0, 0.1) is 0 Å². The Balaban J connectivity index is 2.24. The van der Waals surface area contributed by atoms with Crippen LogP contribution in [0.4, 0.5) is 0 Å². The molecule has 2 rings (SSSR count). The zero-order valence-corrected chi connectivity index (χ0v) is 17.3. The van der Waals surface area contributed by atoms with Gasteiger partial charge in [0.25, 0.3) is 5.91 Å². The van der Waals surface area contributed by atoms with Gasteiger partial charge in [-0.15, -0.1) is 0 Å². The highest BCUT2D eigenvalue weighted by atomic mass is 16.5. The molecule has 0 bridgehead atoms. The second-order valence-electron chi connectivity index (χ2n) is 6.81. The second kappa shape index (κ2) is 12.5. The van der Waals surface area contributed by atoms with Crippen molar-refractivity contribution >= 4 is 23.6 Å². The van der Waals surface area contributed by atoms with Crippen LogP contribution in [-0.2, 0) is 19.1 Å². The molecule has 0 saturated heterocycles. The molecular weight excluding hydrogens is 408 g/mol. The first-order valence-corrected chi connectivity index (χ1v) is 9.93. The van der Waals surface area contributed by atoms with E-state index in [1.54, 1.807) is 18.2 Å². The van der Waals surface area contributed by atoms with Crippen molar-refractivity contribution < 1.29 is 33.8 Å². The average molecular weight is 436 g/mol. The maximum absolute atomic E-state index is 12.8. The lowest BCUT2D eigenvalue weighted by Crippen LogP contribution is -2.53. The fourth-order valence-corrected chi connectivity index (χ4v) is 2.87. The van der Waals surface area contributed by atoms with Crippen molar-refractivity contribution in [1.82, 2.24) is 21.3 Å². The number of carbonyl (C=O) groups is 4. The molecule has 1 aliphatic heterocycles. The van der Waals surface area contributed by atoms with Gasteiger partial charge in [0.05, 0.1) is 25.1 Å². The number of ether oxygens (including phenoxy) is 2. The third kappa shape index (κ3) is 7.54. The van der Waals surface area contributed by atoms with Crippen LogP contribution in [0.1, 0.15) is 23.2 Å². The molecule has 1 aromatic carbocycles. The lowest BCUT2D eigenvalue weighted by Gasteiger charge is -2.22. The van der Waals surface area contributed by atoms with Gasteiger partial charge in [-0.05, 0) is 18.6 Å². The number of carbonyl (C=O) groups excluding carboxylic acids is 4. The Labute approximate surface area is 179 Å². The molecule has 0 unspecified atom stereocenters. The van der Waals surface area contributed by atoms with E-state index < -0.39 is 48.7 Å². The summed E-state index contributed by atoms with van der Waals surface area (Å²) in [4.78, 5) is 50.0. The number of hydrogen-bond donors (Lipinski definition) is 5. The van der Waals surface area contributed by atoms with Gasteiger partial charge in [-0.2, -0.15) is 0 Å². The van der Waals surface area contributed by atoms with Crippen molar-refractivity contribution in [1.29, 1.82) is 0 Å². The van der Waals surface area contributed by atoms with E-state index in [-0.39, 0.29) is 24.5 Å². The molecule has 0 aromatic heterocycles. The molecule has 1 aliphatic rings. The van der Waals surface area contributed by atoms with Crippen molar-refractivity contribution in [3.8, 4) is 5.75 Å². The molecular formula is C20H28N4O7. The topological polar surface area (TPSA) is 155 Å². The van der Waals surface area contributed by atoms with Crippen molar-refractivity contribution in [3.05, 3.63) is 29.8 Å². The summed E-state index contributed by atoms with van der Waals surface area (Å²) < 4.78 is 10.5. The number of aliphatic hydroxyl groups is 1. The summed E-state index contributed by atoms with van der Waals surface area (Å²) in [6, 6.07) is 4.06. The predicted molar refractivity (Wildman–Crippen MR) is 109 cm³/mol. The molecule has 1 heterocycles. The maximum Gasteiger partial charge on any atom is 0.255 e. The fraction of sp³-hybridized carbons (Fsp3) is 0.500. The Morgan fingerprint density at radius 2 is 2.03 bits per heavy atom. The number of hydrogen-bond acceptors (Lipinski definition) is 7. The van der Waals surface area contributed by atoms with Crippen LogP contribution in [0.25, 0.3) is 0 Å². The van der Waals surface area contributed by atoms with Gasteiger partial charge < -0.3 is 35.8 Å². The van der Waals surface area contributed by atoms with Crippen LogP contribution in [0.3, 0.4) is 0 Å². The molecule has 4 amide bonds. The van der Waals surface area contributed by atoms with E-state index in [1.807, 2.05) is 0 Å². The molecule has 0 fully saturated rings. The van der Waals surface area contributed by atoms with E-state index in [1.165, 1.54) is 13.2 Å². The maximum atomic E-state index is 12.8. The number of methoxy groups -OCH3 is 1. The quantitative estimate of drug-likeness (QED) is 0.333. The van der Waals surface area contributed by atoms with E-state index in [9.17, 15) is 24.3 Å². The third-order valence-electron chi connectivity index (χ3n) is 4.46. The molecule has 0 aliphatic carbocycles. The third-order valence-corrected chi connectivity index (χ3v) is 4.46. The fourth-order valence-electron chi connectivity index (χ4n) is 2.87. The summed E-state index contributed by atoms with van der Waals surface area (Å²) in [6.07, 6.45) is 0.132. The Morgan fingerprint density at radius 3 is 2.77 bits per heavy atom. The molecule has 0 radical (unpaired) electrons. The summed E-state index contributed by atoms with van der Waals surface area (Å²) in [6.45, 7) is 0.276. The smallest absolute Gasteiger partial charge is 0.255 e. The average Bonchev–Trinajstić information content (AvgIpc) is 2.76. The number of amides is 4. The highest BCUT2D eigenvalue weighted by Crippen LogP contribution is 2.18. The largest absolute Gasteiger partial charge is 0.491 e. The van der Waals surface area contributed by atoms with E-state index in [4.69, 9.17) is 9.47 Å². The van der Waals surface area contributed by atoms with Crippen LogP contribution >= 0.6 is 0 Å². The van der Waals surface area contributed by atoms with Crippen LogP contribution in [0.5, 0.6) is 5.75 Å². The first-order chi connectivity index (χ1) is 15.0. The van der Waals surface area contributed by atoms with Gasteiger partial charge in [-0.25, -0.2) is 0 Å². The summed E-state index contributed by atoms with van der Waals surface area (Å²) >= 11 is 0. The van der Waals surface area contributed by atoms with Gasteiger partial charge in [-0.3, -0.25) is 19.2 Å². The van der Waals surface area contributed by atoms with Crippen LogP contribution < -0.4 is 26.0 Å². The highest BCUT2D eigenvalue weighted by Gasteiger charge is 2.28. The minimum Gasteiger partial charge on any atom is -0.491 e. The Bertz CT molecular complexity index is 787. The lowest BCUT2D eigenvalue weighted by atomic mass is 10.1. The number of aliphatic hydroxyl groups excluding tert-OH is 1. The Hall–Kier alpha value is -3.18. The van der Waals surface area contributed by atoms with Crippen molar-refractivity contribution in [2.24, 2.45) is 0 Å². The number of fused-ring (bicyclic) bond motifs is 1. The van der Waals surface area contributed by atoms with Gasteiger partial charge in [0.1, 0.15) is 24.4 Å². The number of benzene rings is 1. The predicted octanol–water partition coefficient (Wildman–Crippen LogP) is -1.69. The van der Waals surface area contributed by atoms with E-state index >= 15 is 0 Å². The van der Waals surface area contributed by atoms with E-state index in [0.717, 1.165) is 0 Å². The molecule has 31 heavy (non-hydrogen) atoms. The number of rotatable bonds is 6. The Kier molecular flexibility index (Phi) is 9.72. The first-order valence-electron chi connectivity index (χ1n) is 9.93. The SMILES string of the molecule is COCCCNC(=O)[C@@H]1CC(=O)N[C@@H](CO)C(=O)NCCOc2ccccc2C(=O)N1. The van der Waals surface area contributed by atoms with Gasteiger partial charge in [0.2, 0.25) is 17.7 Å². The molecule has 0 saturated carbocycles. The van der Waals surface area contributed by atoms with E-state index in [0.29, 0.717) is 19.6 Å². The van der Waals surface area contributed by atoms with Gasteiger partial charge in [-0.1, -0.05) is 12.1 Å². The molecule has 0 spiro atoms. The van der Waals surface area contributed by atoms with Crippen molar-refractivity contribution in [3.63, 3.8) is 0 Å². The first kappa shape index (κ1) is 24.1. The van der Waals surface area contributed by atoms with E-state index in [2.05, 4.69) is 21.3 Å². The molecule has 5 N–H and O–H groups in total. The summed E-state index contributed by atoms with van der Waals surface area (Å²) in [5.74, 6) is -2.13. The van der Waals surface area contributed by atoms with Crippen LogP contribution in [-0.4, -0.2) is 80.8 Å². The minimum atomic E-state index is -1.20.